The lowest BCUT2D eigenvalue weighted by Gasteiger charge is -2.34. The maximum atomic E-state index is 12.9. The zero-order chi connectivity index (χ0) is 18.5. The first-order valence-corrected chi connectivity index (χ1v) is 8.72. The Morgan fingerprint density at radius 3 is 2.31 bits per heavy atom. The molecule has 0 spiro atoms. The quantitative estimate of drug-likeness (QED) is 0.894. The second kappa shape index (κ2) is 8.29. The standard InChI is InChI=1S/C19H19ClFN3O2/c20-17-4-2-1-3-16(17)19(26)24-11-9-23(10-12-24)13-18(25)22-15-7-5-14(21)6-8-15/h1-8H,9-13H2,(H,22,25). The van der Waals surface area contributed by atoms with E-state index in [9.17, 15) is 14.0 Å². The summed E-state index contributed by atoms with van der Waals surface area (Å²) in [7, 11) is 0. The van der Waals surface area contributed by atoms with Crippen molar-refractivity contribution in [1.29, 1.82) is 0 Å². The summed E-state index contributed by atoms with van der Waals surface area (Å²) >= 11 is 6.09. The molecule has 0 saturated carbocycles. The predicted octanol–water partition coefficient (Wildman–Crippen LogP) is 2.88. The highest BCUT2D eigenvalue weighted by Crippen LogP contribution is 2.18. The minimum atomic E-state index is -0.345. The Balaban J connectivity index is 1.49. The van der Waals surface area contributed by atoms with Crippen molar-refractivity contribution in [2.45, 2.75) is 0 Å². The molecular weight excluding hydrogens is 357 g/mol. The second-order valence-electron chi connectivity index (χ2n) is 6.10. The van der Waals surface area contributed by atoms with E-state index in [1.54, 1.807) is 29.2 Å². The predicted molar refractivity (Wildman–Crippen MR) is 98.8 cm³/mol. The van der Waals surface area contributed by atoms with Gasteiger partial charge in [0.05, 0.1) is 17.1 Å². The van der Waals surface area contributed by atoms with Crippen molar-refractivity contribution in [3.63, 3.8) is 0 Å². The van der Waals surface area contributed by atoms with Gasteiger partial charge in [-0.05, 0) is 36.4 Å². The van der Waals surface area contributed by atoms with Crippen LogP contribution < -0.4 is 5.32 Å². The molecule has 1 heterocycles. The molecule has 0 atom stereocenters. The fourth-order valence-corrected chi connectivity index (χ4v) is 3.07. The molecule has 0 unspecified atom stereocenters. The largest absolute Gasteiger partial charge is 0.336 e. The molecule has 2 amide bonds. The maximum absolute atomic E-state index is 12.9. The van der Waals surface area contributed by atoms with Crippen LogP contribution in [-0.2, 0) is 4.79 Å². The fraction of sp³-hybridized carbons (Fsp3) is 0.263. The minimum absolute atomic E-state index is 0.0917. The number of carbonyl (C=O) groups excluding carboxylic acids is 2. The van der Waals surface area contributed by atoms with E-state index in [1.165, 1.54) is 24.3 Å². The van der Waals surface area contributed by atoms with Gasteiger partial charge in [-0.25, -0.2) is 4.39 Å². The number of hydrogen-bond acceptors (Lipinski definition) is 3. The molecule has 5 nitrogen and oxygen atoms in total. The summed E-state index contributed by atoms with van der Waals surface area (Å²) in [5, 5.41) is 3.18. The van der Waals surface area contributed by atoms with Gasteiger partial charge in [-0.2, -0.15) is 0 Å². The summed E-state index contributed by atoms with van der Waals surface area (Å²) in [6.07, 6.45) is 0. The third-order valence-electron chi connectivity index (χ3n) is 4.26. The zero-order valence-electron chi connectivity index (χ0n) is 14.1. The topological polar surface area (TPSA) is 52.7 Å². The van der Waals surface area contributed by atoms with Gasteiger partial charge in [0.25, 0.3) is 5.91 Å². The van der Waals surface area contributed by atoms with Crippen LogP contribution in [0.4, 0.5) is 10.1 Å². The summed E-state index contributed by atoms with van der Waals surface area (Å²) in [5.41, 5.74) is 1.06. The molecule has 1 N–H and O–H groups in total. The molecule has 26 heavy (non-hydrogen) atoms. The molecule has 0 aromatic heterocycles. The average Bonchev–Trinajstić information content (AvgIpc) is 2.64. The van der Waals surface area contributed by atoms with Crippen LogP contribution in [-0.4, -0.2) is 54.3 Å². The first-order valence-electron chi connectivity index (χ1n) is 8.34. The van der Waals surface area contributed by atoms with Gasteiger partial charge in [0, 0.05) is 31.9 Å². The Morgan fingerprint density at radius 2 is 1.65 bits per heavy atom. The Labute approximate surface area is 156 Å². The number of nitrogens with one attached hydrogen (secondary N) is 1. The second-order valence-corrected chi connectivity index (χ2v) is 6.51. The molecule has 0 bridgehead atoms. The Kier molecular flexibility index (Phi) is 5.85. The number of hydrogen-bond donors (Lipinski definition) is 1. The first kappa shape index (κ1) is 18.4. The third-order valence-corrected chi connectivity index (χ3v) is 4.59. The van der Waals surface area contributed by atoms with Crippen molar-refractivity contribution < 1.29 is 14.0 Å². The normalized spacial score (nSPS) is 14.9. The van der Waals surface area contributed by atoms with Crippen molar-refractivity contribution in [2.24, 2.45) is 0 Å². The summed E-state index contributed by atoms with van der Waals surface area (Å²) in [6, 6.07) is 12.6. The van der Waals surface area contributed by atoms with Crippen LogP contribution in [0.3, 0.4) is 0 Å². The van der Waals surface area contributed by atoms with Crippen LogP contribution in [0.25, 0.3) is 0 Å². The third kappa shape index (κ3) is 4.59. The molecule has 2 aromatic carbocycles. The molecule has 136 valence electrons. The van der Waals surface area contributed by atoms with E-state index in [2.05, 4.69) is 5.32 Å². The van der Waals surface area contributed by atoms with Gasteiger partial charge in [-0.3, -0.25) is 14.5 Å². The monoisotopic (exact) mass is 375 g/mol. The van der Waals surface area contributed by atoms with Crippen LogP contribution in [0.5, 0.6) is 0 Å². The summed E-state index contributed by atoms with van der Waals surface area (Å²) in [4.78, 5) is 28.4. The smallest absolute Gasteiger partial charge is 0.255 e. The number of rotatable bonds is 4. The van der Waals surface area contributed by atoms with Crippen molar-refractivity contribution in [3.8, 4) is 0 Å². The highest BCUT2D eigenvalue weighted by atomic mass is 35.5. The van der Waals surface area contributed by atoms with Crippen molar-refractivity contribution in [3.05, 3.63) is 64.9 Å². The Hall–Kier alpha value is -2.44. The van der Waals surface area contributed by atoms with E-state index in [-0.39, 0.29) is 24.2 Å². The van der Waals surface area contributed by atoms with Crippen molar-refractivity contribution >= 4 is 29.1 Å². The van der Waals surface area contributed by atoms with E-state index in [4.69, 9.17) is 11.6 Å². The van der Waals surface area contributed by atoms with Crippen molar-refractivity contribution in [2.75, 3.05) is 38.0 Å². The van der Waals surface area contributed by atoms with Crippen LogP contribution in [0.1, 0.15) is 10.4 Å². The minimum Gasteiger partial charge on any atom is -0.336 e. The van der Waals surface area contributed by atoms with E-state index >= 15 is 0 Å². The average molecular weight is 376 g/mol. The van der Waals surface area contributed by atoms with E-state index < -0.39 is 0 Å². The molecule has 1 saturated heterocycles. The van der Waals surface area contributed by atoms with Gasteiger partial charge in [-0.15, -0.1) is 0 Å². The van der Waals surface area contributed by atoms with Crippen LogP contribution in [0.15, 0.2) is 48.5 Å². The van der Waals surface area contributed by atoms with Crippen LogP contribution >= 0.6 is 11.6 Å². The first-order chi connectivity index (χ1) is 12.5. The Bertz CT molecular complexity index is 790. The molecule has 3 rings (SSSR count). The molecular formula is C19H19ClFN3O2. The molecule has 0 aliphatic carbocycles. The lowest BCUT2D eigenvalue weighted by atomic mass is 10.2. The fourth-order valence-electron chi connectivity index (χ4n) is 2.85. The summed E-state index contributed by atoms with van der Waals surface area (Å²) in [6.45, 7) is 2.51. The molecule has 2 aromatic rings. The number of piperazine rings is 1. The zero-order valence-corrected chi connectivity index (χ0v) is 14.9. The van der Waals surface area contributed by atoms with Crippen molar-refractivity contribution in [1.82, 2.24) is 9.80 Å². The number of halogens is 2. The number of nitrogens with zero attached hydrogens (tertiary/aromatic N) is 2. The Morgan fingerprint density at radius 1 is 1.00 bits per heavy atom. The van der Waals surface area contributed by atoms with Gasteiger partial charge in [-0.1, -0.05) is 23.7 Å². The highest BCUT2D eigenvalue weighted by molar-refractivity contribution is 6.33. The number of carbonyl (C=O) groups is 2. The van der Waals surface area contributed by atoms with Gasteiger partial charge >= 0.3 is 0 Å². The van der Waals surface area contributed by atoms with E-state index in [0.717, 1.165) is 0 Å². The number of anilines is 1. The molecule has 1 fully saturated rings. The molecule has 0 radical (unpaired) electrons. The number of amides is 2. The van der Waals surface area contributed by atoms with E-state index in [1.807, 2.05) is 4.90 Å². The molecule has 1 aliphatic heterocycles. The van der Waals surface area contributed by atoms with Gasteiger partial charge in [0.1, 0.15) is 5.82 Å². The van der Waals surface area contributed by atoms with Crippen LogP contribution in [0.2, 0.25) is 5.02 Å². The highest BCUT2D eigenvalue weighted by Gasteiger charge is 2.24. The lowest BCUT2D eigenvalue weighted by Crippen LogP contribution is -2.50. The van der Waals surface area contributed by atoms with Gasteiger partial charge in [0.2, 0.25) is 5.91 Å². The number of benzene rings is 2. The van der Waals surface area contributed by atoms with Crippen LogP contribution in [0, 0.1) is 5.82 Å². The molecule has 7 heteroatoms. The summed E-state index contributed by atoms with van der Waals surface area (Å²) < 4.78 is 12.9. The molecule has 1 aliphatic rings. The van der Waals surface area contributed by atoms with Gasteiger partial charge < -0.3 is 10.2 Å². The lowest BCUT2D eigenvalue weighted by molar-refractivity contribution is -0.117. The van der Waals surface area contributed by atoms with Gasteiger partial charge in [0.15, 0.2) is 0 Å². The van der Waals surface area contributed by atoms with E-state index in [0.29, 0.717) is 42.5 Å². The maximum Gasteiger partial charge on any atom is 0.255 e. The summed E-state index contributed by atoms with van der Waals surface area (Å²) in [5.74, 6) is -0.601. The SMILES string of the molecule is O=C(CN1CCN(C(=O)c2ccccc2Cl)CC1)Nc1ccc(F)cc1.